The molecule has 4 fully saturated rings. The Hall–Kier alpha value is -10.9. The molecule has 8 aromatic rings. The number of hydrogen-bond donors (Lipinski definition) is 6. The van der Waals surface area contributed by atoms with Crippen LogP contribution in [-0.4, -0.2) is 306 Å². The van der Waals surface area contributed by atoms with Crippen molar-refractivity contribution in [1.29, 1.82) is 0 Å². The van der Waals surface area contributed by atoms with Gasteiger partial charge in [0.2, 0.25) is 17.6 Å². The molecule has 13 rings (SSSR count). The van der Waals surface area contributed by atoms with Crippen molar-refractivity contribution in [3.63, 3.8) is 0 Å². The van der Waals surface area contributed by atoms with Gasteiger partial charge < -0.3 is 93.7 Å². The van der Waals surface area contributed by atoms with Gasteiger partial charge in [-0.1, -0.05) is 99.7 Å². The number of amides is 2. The van der Waals surface area contributed by atoms with E-state index in [2.05, 4.69) is 56.8 Å². The second kappa shape index (κ2) is 52.2. The maximum Gasteiger partial charge on any atom is 0.329 e. The molecule has 5 aliphatic rings. The summed E-state index contributed by atoms with van der Waals surface area (Å²) < 4.78 is 70.2. The zero-order chi connectivity index (χ0) is 99.4. The number of unbranched alkanes of at least 4 members (excludes halogenated alkanes) is 1. The highest BCUT2D eigenvalue weighted by atomic mass is 16.6. The molecule has 8 N–H and O–H groups in total. The predicted octanol–water partition coefficient (Wildman–Crippen LogP) is 9.62. The van der Waals surface area contributed by atoms with Crippen molar-refractivity contribution >= 4 is 75.0 Å². The molecule has 16 atom stereocenters. The van der Waals surface area contributed by atoms with Gasteiger partial charge in [-0.05, 0) is 156 Å². The van der Waals surface area contributed by atoms with Gasteiger partial charge in [-0.3, -0.25) is 28.9 Å². The molecular formula is C101H141N19O20. The molecule has 2 bridgehead atoms. The number of aliphatic hydroxyl groups is 3. The lowest BCUT2D eigenvalue weighted by atomic mass is 9.77. The number of allylic oxidation sites excluding steroid dienone is 6. The van der Waals surface area contributed by atoms with Gasteiger partial charge in [0.25, 0.3) is 17.7 Å². The van der Waals surface area contributed by atoms with Crippen molar-refractivity contribution in [1.82, 2.24) is 79.8 Å². The number of hydrogen-bond acceptors (Lipinski definition) is 34. The van der Waals surface area contributed by atoms with E-state index in [0.29, 0.717) is 215 Å². The minimum absolute atomic E-state index is 0.0201. The number of rotatable bonds is 38. The quantitative estimate of drug-likeness (QED) is 0.00907. The average molecular weight is 1940 g/mol. The maximum absolute atomic E-state index is 15.0. The summed E-state index contributed by atoms with van der Waals surface area (Å²) in [6, 6.07) is 12.0. The van der Waals surface area contributed by atoms with Crippen LogP contribution in [0.5, 0.6) is 0 Å². The van der Waals surface area contributed by atoms with Crippen LogP contribution in [0.15, 0.2) is 126 Å². The number of piperazine rings is 1. The highest BCUT2D eigenvalue weighted by Crippen LogP contribution is 2.43. The maximum atomic E-state index is 15.0. The number of methoxy groups -OCH3 is 3. The zero-order valence-electron chi connectivity index (χ0n) is 82.4. The second-order valence-electron chi connectivity index (χ2n) is 37.7. The number of cyclic esters (lactones) is 1. The Morgan fingerprint density at radius 2 is 1.49 bits per heavy atom. The molecule has 1 saturated carbocycles. The molecule has 4 aliphatic heterocycles. The van der Waals surface area contributed by atoms with Crippen LogP contribution < -0.4 is 21.7 Å². The van der Waals surface area contributed by atoms with E-state index in [1.54, 1.807) is 62.7 Å². The first kappa shape index (κ1) is 106. The molecule has 6 aromatic heterocycles. The van der Waals surface area contributed by atoms with Crippen molar-refractivity contribution < 1.29 is 95.9 Å². The Balaban J connectivity index is 0.519. The lowest BCUT2D eigenvalue weighted by molar-refractivity contribution is -0.265. The number of anilines is 3. The fraction of sp³-hybridized carbons (Fsp3) is 0.604. The molecule has 39 heteroatoms. The summed E-state index contributed by atoms with van der Waals surface area (Å²) in [5.41, 5.74) is 20.6. The van der Waals surface area contributed by atoms with Crippen molar-refractivity contribution in [3.8, 4) is 33.6 Å². The van der Waals surface area contributed by atoms with Crippen LogP contribution >= 0.6 is 0 Å². The number of aryl methyl sites for hydroxylation is 1. The van der Waals surface area contributed by atoms with Crippen LogP contribution in [0.3, 0.4) is 0 Å². The number of aromatic nitrogens is 13. The summed E-state index contributed by atoms with van der Waals surface area (Å²) in [5.74, 6) is -7.74. The number of nitrogens with one attached hydrogen (secondary N) is 1. The van der Waals surface area contributed by atoms with Gasteiger partial charge in [0.1, 0.15) is 53.5 Å². The Morgan fingerprint density at radius 1 is 0.736 bits per heavy atom. The summed E-state index contributed by atoms with van der Waals surface area (Å²) in [6.45, 7) is 20.7. The van der Waals surface area contributed by atoms with E-state index in [0.717, 1.165) is 58.5 Å². The lowest BCUT2D eigenvalue weighted by Crippen LogP contribution is -2.61. The van der Waals surface area contributed by atoms with E-state index in [1.807, 2.05) is 112 Å². The Labute approximate surface area is 817 Å². The van der Waals surface area contributed by atoms with Gasteiger partial charge in [0, 0.05) is 153 Å². The topological polar surface area (TPSA) is 486 Å². The van der Waals surface area contributed by atoms with Crippen LogP contribution in [0.1, 0.15) is 163 Å². The van der Waals surface area contributed by atoms with Crippen molar-refractivity contribution in [2.75, 3.05) is 143 Å². The second-order valence-corrected chi connectivity index (χ2v) is 37.7. The monoisotopic (exact) mass is 1940 g/mol. The third-order valence-electron chi connectivity index (χ3n) is 27.5. The Kier molecular flexibility index (Phi) is 39.7. The molecular weight excluding hydrogens is 1800 g/mol. The first-order chi connectivity index (χ1) is 67.7. The van der Waals surface area contributed by atoms with Gasteiger partial charge >= 0.3 is 5.97 Å². The molecule has 760 valence electrons. The van der Waals surface area contributed by atoms with E-state index in [4.69, 9.17) is 78.3 Å². The van der Waals surface area contributed by atoms with E-state index in [1.165, 1.54) is 18.3 Å². The molecule has 3 saturated heterocycles. The van der Waals surface area contributed by atoms with Gasteiger partial charge in [-0.15, -0.1) is 10.2 Å². The number of ether oxygens (including phenoxy) is 10. The smallest absolute Gasteiger partial charge is 0.329 e. The predicted molar refractivity (Wildman–Crippen MR) is 521 cm³/mol. The van der Waals surface area contributed by atoms with Gasteiger partial charge in [-0.25, -0.2) is 38.8 Å². The first-order valence-corrected chi connectivity index (χ1v) is 49.3. The fourth-order valence-corrected chi connectivity index (χ4v) is 19.4. The number of fused-ring (bicyclic) bond motifs is 5. The van der Waals surface area contributed by atoms with Crippen LogP contribution in [0.4, 0.5) is 17.8 Å². The number of nitrogens with zero attached hydrogens (tertiary/aromatic N) is 16. The highest BCUT2D eigenvalue weighted by Gasteiger charge is 2.53. The van der Waals surface area contributed by atoms with E-state index < -0.39 is 83.7 Å². The molecule has 10 heterocycles. The Morgan fingerprint density at radius 3 is 2.25 bits per heavy atom. The molecule has 140 heavy (non-hydrogen) atoms. The number of ketones is 3. The molecule has 0 radical (unpaired) electrons. The zero-order valence-corrected chi connectivity index (χ0v) is 82.4. The number of nitrogen functional groups attached to an aromatic ring is 2. The molecule has 39 nitrogen and oxygen atoms in total. The molecule has 0 spiro atoms. The fourth-order valence-electron chi connectivity index (χ4n) is 19.4. The summed E-state index contributed by atoms with van der Waals surface area (Å²) in [7, 11) is 4.64. The number of piperidine rings is 1. The van der Waals surface area contributed by atoms with Crippen LogP contribution in [-0.2, 0) is 95.8 Å². The summed E-state index contributed by atoms with van der Waals surface area (Å²) in [5, 5.41) is 61.0. The number of esters is 1. The van der Waals surface area contributed by atoms with Crippen molar-refractivity contribution in [3.05, 3.63) is 127 Å². The van der Waals surface area contributed by atoms with E-state index in [9.17, 15) is 44.1 Å². The molecule has 1 aliphatic carbocycles. The summed E-state index contributed by atoms with van der Waals surface area (Å²) in [4.78, 5) is 114. The van der Waals surface area contributed by atoms with Crippen molar-refractivity contribution in [2.24, 2.45) is 35.5 Å². The number of carbonyl (C=O) groups is 6. The first-order valence-electron chi connectivity index (χ1n) is 49.3. The minimum atomic E-state index is -2.49. The van der Waals surface area contributed by atoms with E-state index >= 15 is 0 Å². The van der Waals surface area contributed by atoms with Gasteiger partial charge in [-0.2, -0.15) is 10.1 Å². The number of Topliss-reactive ketones (excluding diaryl/α,β-unsaturated/α-hetero) is 3. The SMILES string of the molecule is COC1C[C@@H]2CC[C@@H](C)[C@@](O)(O2)C(=O)C(=O)N2CCCCC2C(=O)OC(C(C)CC2CCC(n3nncc3-c3cccc(-c4cnc(N5CCN(Cc6cn(CCOCCOCCOCCCOCCOCCC(=O)NCCCCn7nc(-c8ccc9oc(N)nc9c8)c8c(N)ncnc87)nn6)C(CO)C5)nc4)c3)[C@H](OC)C2)CC(=O)C(C)/C=C(\C)C(O)[C@@H](OC)C(=O)C(C)CC(C)/C=C/C=CC=C1C. The number of carbonyl (C=O) groups excluding carboxylic acids is 6. The van der Waals surface area contributed by atoms with Gasteiger partial charge in [0.05, 0.1) is 119 Å². The lowest BCUT2D eigenvalue weighted by Gasteiger charge is -2.42. The third-order valence-corrected chi connectivity index (χ3v) is 27.5. The average Bonchev–Trinajstić information content (AvgIpc) is 1.40. The highest BCUT2D eigenvalue weighted by molar-refractivity contribution is 6.39. The number of benzene rings is 2. The van der Waals surface area contributed by atoms with E-state index in [-0.39, 0.29) is 92.3 Å². The number of nitrogens with two attached hydrogens (primary N) is 2. The summed E-state index contributed by atoms with van der Waals surface area (Å²) >= 11 is 0. The Bertz CT molecular complexity index is 5510. The van der Waals surface area contributed by atoms with Crippen LogP contribution in [0, 0.1) is 35.5 Å². The van der Waals surface area contributed by atoms with Crippen LogP contribution in [0.2, 0.25) is 0 Å². The minimum Gasteiger partial charge on any atom is -0.460 e. The van der Waals surface area contributed by atoms with Crippen molar-refractivity contribution in [2.45, 2.75) is 231 Å². The largest absolute Gasteiger partial charge is 0.460 e. The number of oxazole rings is 1. The number of aliphatic hydroxyl groups excluding tert-OH is 2. The summed E-state index contributed by atoms with van der Waals surface area (Å²) in [6.07, 6.45) is 22.4. The molecule has 11 unspecified atom stereocenters. The molecule has 2 amide bonds. The van der Waals surface area contributed by atoms with Gasteiger partial charge in [0.15, 0.2) is 17.0 Å². The standard InChI is InChI=1S/C101H141N19O20/c1-64-20-12-11-13-21-65(2)85(130-8)54-78-28-25-70(7)101(129,140-78)94(126)97(127)118-33-16-14-24-81(118)98(128)138-86(55-83(122)66(3)49-69(6)92(125)93(132-10)91(124)68(5)48-64)67(4)50-71-26-29-80(87(51-71)131-9)120-82(58-109-113-120)73-23-18-22-72(52-73)75-56-105-100(106-57-75)116-36-35-115(77(61-116)62-121)59-76-60-117(114-111-76)37-41-136-45-47-137-46-43-134-39-19-38-133-42-44-135-40-31-88(123)104-32-15-17-34-119-96-89(95(102)107-63-108-96)90(112-119)74-27-30-84-79(53-74)110-99(103)139-84/h11-13,18,20-23,27,30,49,52-53,56-58,60,63-64,66-68,70-71,77-78,80-81,85-87,92-93,121,125,129H,14-17,19,24-26,28-29,31-48,50-51,54-55,59,61-62H2,1-10H3,(H2,103,110)(H,104,123)(H2,102,107,108)/b13-11?,20-12+,65-21?,69-49+/t64?,66?,67?,68?,70-,71?,77?,78+,80?,81?,85?,86?,87-,92?,93+,101-/m1/s1. The molecule has 2 aromatic carbocycles. The normalized spacial score (nSPS) is 25.9. The van der Waals surface area contributed by atoms with Crippen LogP contribution in [0.25, 0.3) is 55.8 Å². The third kappa shape index (κ3) is 28.3.